The molecule has 2 aliphatic heterocycles. The van der Waals surface area contributed by atoms with Gasteiger partial charge in [0.05, 0.1) is 11.7 Å². The maximum atomic E-state index is 12.4. The van der Waals surface area contributed by atoms with Gasteiger partial charge in [-0.15, -0.1) is 0 Å². The van der Waals surface area contributed by atoms with Gasteiger partial charge in [0.2, 0.25) is 0 Å². The summed E-state index contributed by atoms with van der Waals surface area (Å²) in [6.45, 7) is 10.1. The van der Waals surface area contributed by atoms with Crippen LogP contribution in [0.2, 0.25) is 0 Å². The first-order valence-electron chi connectivity index (χ1n) is 11.4. The number of cyclic esters (lactones) is 1. The first kappa shape index (κ1) is 26.3. The molecular weight excluding hydrogens is 412 g/mol. The molecule has 0 aromatic heterocycles. The second-order valence-corrected chi connectivity index (χ2v) is 9.46. The van der Waals surface area contributed by atoms with Gasteiger partial charge in [-0.2, -0.15) is 0 Å². The smallest absolute Gasteiger partial charge is 0.331 e. The SMILES string of the molecule is CC(C=CC(=O)OC1C=CC(=O)OC1C(C)CC(C)CC1(C)OC1C)=CC(CO)CCO. The summed E-state index contributed by atoms with van der Waals surface area (Å²) in [6.07, 6.45) is 8.88. The monoisotopic (exact) mass is 450 g/mol. The van der Waals surface area contributed by atoms with Crippen LogP contribution in [-0.2, 0) is 23.8 Å². The van der Waals surface area contributed by atoms with Gasteiger partial charge in [-0.3, -0.25) is 0 Å². The van der Waals surface area contributed by atoms with E-state index in [1.54, 1.807) is 18.2 Å². The second-order valence-electron chi connectivity index (χ2n) is 9.46. The van der Waals surface area contributed by atoms with Crippen molar-refractivity contribution in [1.29, 1.82) is 0 Å². The molecule has 1 fully saturated rings. The van der Waals surface area contributed by atoms with Gasteiger partial charge < -0.3 is 24.4 Å². The first-order valence-corrected chi connectivity index (χ1v) is 11.4. The van der Waals surface area contributed by atoms with Crippen molar-refractivity contribution in [3.8, 4) is 0 Å². The molecule has 2 rings (SSSR count). The van der Waals surface area contributed by atoms with Crippen molar-refractivity contribution in [2.45, 2.75) is 77.8 Å². The van der Waals surface area contributed by atoms with Crippen LogP contribution in [0.5, 0.6) is 0 Å². The Hall–Kier alpha value is -1.96. The van der Waals surface area contributed by atoms with Gasteiger partial charge in [0, 0.05) is 31.3 Å². The fourth-order valence-electron chi connectivity index (χ4n) is 4.39. The molecule has 0 aliphatic carbocycles. The highest BCUT2D eigenvalue weighted by atomic mass is 16.6. The summed E-state index contributed by atoms with van der Waals surface area (Å²) in [7, 11) is 0. The van der Waals surface area contributed by atoms with Crippen molar-refractivity contribution in [3.63, 3.8) is 0 Å². The van der Waals surface area contributed by atoms with Crippen molar-refractivity contribution in [2.75, 3.05) is 13.2 Å². The molecule has 7 atom stereocenters. The summed E-state index contributed by atoms with van der Waals surface area (Å²) in [5.74, 6) is -0.761. The zero-order valence-electron chi connectivity index (χ0n) is 19.8. The molecule has 0 aromatic rings. The average Bonchev–Trinajstić information content (AvgIpc) is 3.31. The van der Waals surface area contributed by atoms with Crippen LogP contribution in [0.1, 0.15) is 53.9 Å². The van der Waals surface area contributed by atoms with Crippen LogP contribution in [0.3, 0.4) is 0 Å². The Bertz CT molecular complexity index is 741. The minimum absolute atomic E-state index is 0.00348. The van der Waals surface area contributed by atoms with E-state index in [4.69, 9.17) is 19.3 Å². The summed E-state index contributed by atoms with van der Waals surface area (Å²) in [5, 5.41) is 18.3. The molecule has 7 heteroatoms. The van der Waals surface area contributed by atoms with Crippen molar-refractivity contribution in [3.05, 3.63) is 36.0 Å². The minimum Gasteiger partial charge on any atom is -0.455 e. The third-order valence-electron chi connectivity index (χ3n) is 6.30. The highest BCUT2D eigenvalue weighted by molar-refractivity contribution is 5.85. The molecule has 0 bridgehead atoms. The number of carbonyl (C=O) groups is 2. The number of hydrogen-bond acceptors (Lipinski definition) is 7. The molecule has 0 aromatic carbocycles. The van der Waals surface area contributed by atoms with Crippen LogP contribution in [-0.4, -0.2) is 59.3 Å². The standard InChI is InChI=1S/C25H38O7/c1-16(13-20(15-27)10-11-26)6-8-22(28)30-21-7-9-23(29)31-24(21)18(3)12-17(2)14-25(5)19(4)32-25/h6-9,13,17-21,24,26-27H,10-12,14-15H2,1-5H3. The number of aliphatic hydroxyl groups is 2. The normalized spacial score (nSPS) is 30.7. The van der Waals surface area contributed by atoms with Crippen LogP contribution in [0, 0.1) is 17.8 Å². The molecule has 0 saturated carbocycles. The van der Waals surface area contributed by atoms with E-state index in [9.17, 15) is 14.7 Å². The molecule has 180 valence electrons. The third kappa shape index (κ3) is 7.87. The molecule has 0 amide bonds. The maximum Gasteiger partial charge on any atom is 0.331 e. The minimum atomic E-state index is -0.650. The zero-order valence-corrected chi connectivity index (χ0v) is 19.8. The highest BCUT2D eigenvalue weighted by Gasteiger charge is 2.49. The molecule has 0 spiro atoms. The molecule has 2 aliphatic rings. The summed E-state index contributed by atoms with van der Waals surface area (Å²) in [5.41, 5.74) is 0.708. The van der Waals surface area contributed by atoms with E-state index in [2.05, 4.69) is 20.8 Å². The fraction of sp³-hybridized carbons (Fsp3) is 0.680. The number of rotatable bonds is 12. The van der Waals surface area contributed by atoms with Gasteiger partial charge in [0.1, 0.15) is 6.10 Å². The van der Waals surface area contributed by atoms with E-state index in [0.29, 0.717) is 12.3 Å². The van der Waals surface area contributed by atoms with E-state index >= 15 is 0 Å². The van der Waals surface area contributed by atoms with Crippen LogP contribution >= 0.6 is 0 Å². The van der Waals surface area contributed by atoms with E-state index in [1.807, 2.05) is 13.8 Å². The van der Waals surface area contributed by atoms with E-state index in [0.717, 1.165) is 18.4 Å². The van der Waals surface area contributed by atoms with Crippen LogP contribution in [0.4, 0.5) is 0 Å². The number of carbonyl (C=O) groups excluding carboxylic acids is 2. The van der Waals surface area contributed by atoms with E-state index in [-0.39, 0.29) is 36.8 Å². The van der Waals surface area contributed by atoms with Crippen molar-refractivity contribution in [2.24, 2.45) is 17.8 Å². The number of esters is 2. The Morgan fingerprint density at radius 2 is 2.00 bits per heavy atom. The lowest BCUT2D eigenvalue weighted by atomic mass is 9.84. The van der Waals surface area contributed by atoms with Crippen LogP contribution in [0.25, 0.3) is 0 Å². The Morgan fingerprint density at radius 3 is 2.59 bits per heavy atom. The topological polar surface area (TPSA) is 106 Å². The van der Waals surface area contributed by atoms with Gasteiger partial charge in [-0.1, -0.05) is 31.6 Å². The molecule has 7 unspecified atom stereocenters. The van der Waals surface area contributed by atoms with Crippen LogP contribution < -0.4 is 0 Å². The summed E-state index contributed by atoms with van der Waals surface area (Å²) in [4.78, 5) is 24.2. The lowest BCUT2D eigenvalue weighted by molar-refractivity contribution is -0.164. The fourth-order valence-corrected chi connectivity index (χ4v) is 4.39. The Labute approximate surface area is 191 Å². The second kappa shape index (κ2) is 11.8. The van der Waals surface area contributed by atoms with Crippen molar-refractivity contribution in [1.82, 2.24) is 0 Å². The Morgan fingerprint density at radius 1 is 1.31 bits per heavy atom. The van der Waals surface area contributed by atoms with E-state index in [1.165, 1.54) is 12.2 Å². The number of aliphatic hydroxyl groups excluding tert-OH is 2. The number of hydrogen-bond donors (Lipinski definition) is 2. The number of allylic oxidation sites excluding steroid dienone is 2. The molecule has 0 radical (unpaired) electrons. The van der Waals surface area contributed by atoms with Gasteiger partial charge in [0.15, 0.2) is 6.10 Å². The zero-order chi connectivity index (χ0) is 23.9. The lowest BCUT2D eigenvalue weighted by Gasteiger charge is -2.32. The van der Waals surface area contributed by atoms with Gasteiger partial charge in [-0.05, 0) is 57.9 Å². The lowest BCUT2D eigenvalue weighted by Crippen LogP contribution is -2.41. The molecular formula is C25H38O7. The van der Waals surface area contributed by atoms with Gasteiger partial charge >= 0.3 is 11.9 Å². The van der Waals surface area contributed by atoms with E-state index < -0.39 is 24.1 Å². The molecule has 1 saturated heterocycles. The van der Waals surface area contributed by atoms with Gasteiger partial charge in [-0.25, -0.2) is 9.59 Å². The predicted molar refractivity (Wildman–Crippen MR) is 121 cm³/mol. The summed E-state index contributed by atoms with van der Waals surface area (Å²) in [6, 6.07) is 0. The average molecular weight is 451 g/mol. The van der Waals surface area contributed by atoms with Gasteiger partial charge in [0.25, 0.3) is 0 Å². The molecule has 32 heavy (non-hydrogen) atoms. The molecule has 7 nitrogen and oxygen atoms in total. The Balaban J connectivity index is 1.95. The predicted octanol–water partition coefficient (Wildman–Crippen LogP) is 3.10. The largest absolute Gasteiger partial charge is 0.455 e. The van der Waals surface area contributed by atoms with Crippen LogP contribution in [0.15, 0.2) is 36.0 Å². The quantitative estimate of drug-likeness (QED) is 0.204. The third-order valence-corrected chi connectivity index (χ3v) is 6.30. The molecule has 2 N–H and O–H groups in total. The van der Waals surface area contributed by atoms with Crippen molar-refractivity contribution >= 4 is 11.9 Å². The maximum absolute atomic E-state index is 12.4. The Kier molecular flexibility index (Phi) is 9.67. The number of epoxide rings is 1. The number of ether oxygens (including phenoxy) is 3. The van der Waals surface area contributed by atoms with Crippen molar-refractivity contribution < 1.29 is 34.0 Å². The first-order chi connectivity index (χ1) is 15.1. The summed E-state index contributed by atoms with van der Waals surface area (Å²) >= 11 is 0. The highest BCUT2D eigenvalue weighted by Crippen LogP contribution is 2.42. The molecule has 2 heterocycles. The summed E-state index contributed by atoms with van der Waals surface area (Å²) < 4.78 is 16.8.